The molecule has 0 radical (unpaired) electrons. The molecular formula is C28H31N3O6. The number of rotatable bonds is 12. The van der Waals surface area contributed by atoms with Crippen molar-refractivity contribution in [2.75, 3.05) is 0 Å². The van der Waals surface area contributed by atoms with Crippen LogP contribution in [-0.2, 0) is 34.0 Å². The van der Waals surface area contributed by atoms with Gasteiger partial charge in [0.05, 0.1) is 6.10 Å². The monoisotopic (exact) mass is 505 g/mol. The molecule has 0 unspecified atom stereocenters. The number of amides is 3. The Balaban J connectivity index is 1.54. The predicted molar refractivity (Wildman–Crippen MR) is 137 cm³/mol. The number of nitrogens with one attached hydrogen (secondary N) is 2. The average Bonchev–Trinajstić information content (AvgIpc) is 2.90. The fraction of sp³-hybridized carbons (Fsp3) is 0.250. The molecule has 0 aliphatic carbocycles. The summed E-state index contributed by atoms with van der Waals surface area (Å²) in [5, 5.41) is 14.9. The maximum Gasteiger partial charge on any atom is 0.408 e. The third kappa shape index (κ3) is 8.97. The molecule has 3 aromatic carbocycles. The van der Waals surface area contributed by atoms with Crippen molar-refractivity contribution in [3.05, 3.63) is 102 Å². The number of carbonyl (C=O) groups excluding carboxylic acids is 3. The normalized spacial score (nSPS) is 13.0. The topological polar surface area (TPSA) is 140 Å². The second-order valence-corrected chi connectivity index (χ2v) is 8.51. The first-order valence-electron chi connectivity index (χ1n) is 11.8. The summed E-state index contributed by atoms with van der Waals surface area (Å²) < 4.78 is 10.9. The number of primary amides is 1. The van der Waals surface area contributed by atoms with Crippen LogP contribution in [0.5, 0.6) is 5.75 Å². The van der Waals surface area contributed by atoms with Crippen LogP contribution in [-0.4, -0.2) is 41.2 Å². The van der Waals surface area contributed by atoms with E-state index in [9.17, 15) is 19.5 Å². The van der Waals surface area contributed by atoms with Crippen molar-refractivity contribution in [3.63, 3.8) is 0 Å². The van der Waals surface area contributed by atoms with Crippen LogP contribution in [0, 0.1) is 0 Å². The van der Waals surface area contributed by atoms with Gasteiger partial charge >= 0.3 is 6.09 Å². The quantitative estimate of drug-likeness (QED) is 0.298. The summed E-state index contributed by atoms with van der Waals surface area (Å²) in [5.41, 5.74) is 8.05. The Hall–Kier alpha value is -4.37. The summed E-state index contributed by atoms with van der Waals surface area (Å²) >= 11 is 0. The molecule has 0 aliphatic rings. The standard InChI is InChI=1S/C28H31N3O6/c1-19(32)25(31-28(35)37-18-22-10-6-3-7-11-22)27(34)30-24(26(29)33)16-20-12-14-23(15-13-20)36-17-21-8-4-2-5-9-21/h2-15,19,24-25,32H,16-18H2,1H3,(H2,29,33)(H,30,34)(H,31,35)/t19-,24-,25+/m1/s1. The van der Waals surface area contributed by atoms with Crippen LogP contribution in [0.3, 0.4) is 0 Å². The number of aliphatic hydroxyl groups is 1. The van der Waals surface area contributed by atoms with Crippen LogP contribution in [0.1, 0.15) is 23.6 Å². The van der Waals surface area contributed by atoms with E-state index in [4.69, 9.17) is 15.2 Å². The molecule has 3 amide bonds. The fourth-order valence-electron chi connectivity index (χ4n) is 3.48. The average molecular weight is 506 g/mol. The van der Waals surface area contributed by atoms with Gasteiger partial charge in [0.1, 0.15) is 31.0 Å². The first-order valence-corrected chi connectivity index (χ1v) is 11.8. The first kappa shape index (κ1) is 27.2. The number of benzene rings is 3. The number of hydrogen-bond acceptors (Lipinski definition) is 6. The van der Waals surface area contributed by atoms with Gasteiger partial charge in [-0.05, 0) is 35.7 Å². The Morgan fingerprint density at radius 3 is 1.92 bits per heavy atom. The minimum Gasteiger partial charge on any atom is -0.489 e. The van der Waals surface area contributed by atoms with E-state index in [-0.39, 0.29) is 13.0 Å². The molecule has 3 atom stereocenters. The zero-order valence-electron chi connectivity index (χ0n) is 20.5. The Morgan fingerprint density at radius 1 is 0.811 bits per heavy atom. The summed E-state index contributed by atoms with van der Waals surface area (Å²) in [4.78, 5) is 37.0. The van der Waals surface area contributed by atoms with E-state index in [1.54, 1.807) is 48.5 Å². The van der Waals surface area contributed by atoms with Crippen LogP contribution in [0.2, 0.25) is 0 Å². The van der Waals surface area contributed by atoms with Gasteiger partial charge in [-0.25, -0.2) is 4.79 Å². The molecule has 37 heavy (non-hydrogen) atoms. The number of carbonyl (C=O) groups is 3. The molecule has 5 N–H and O–H groups in total. The zero-order chi connectivity index (χ0) is 26.6. The van der Waals surface area contributed by atoms with Crippen LogP contribution >= 0.6 is 0 Å². The van der Waals surface area contributed by atoms with Crippen molar-refractivity contribution in [1.82, 2.24) is 10.6 Å². The molecule has 9 heteroatoms. The van der Waals surface area contributed by atoms with Crippen LogP contribution in [0.25, 0.3) is 0 Å². The molecule has 0 bridgehead atoms. The van der Waals surface area contributed by atoms with E-state index in [1.165, 1.54) is 6.92 Å². The van der Waals surface area contributed by atoms with Gasteiger partial charge in [-0.1, -0.05) is 72.8 Å². The molecule has 0 heterocycles. The van der Waals surface area contributed by atoms with E-state index in [0.29, 0.717) is 12.4 Å². The third-order valence-electron chi connectivity index (χ3n) is 5.52. The lowest BCUT2D eigenvalue weighted by molar-refractivity contribution is -0.130. The van der Waals surface area contributed by atoms with Crippen LogP contribution in [0.4, 0.5) is 4.79 Å². The van der Waals surface area contributed by atoms with Crippen molar-refractivity contribution in [2.24, 2.45) is 5.73 Å². The van der Waals surface area contributed by atoms with Crippen molar-refractivity contribution in [3.8, 4) is 5.75 Å². The summed E-state index contributed by atoms with van der Waals surface area (Å²) in [6.07, 6.45) is -2.02. The minimum atomic E-state index is -1.35. The Morgan fingerprint density at radius 2 is 1.38 bits per heavy atom. The smallest absolute Gasteiger partial charge is 0.408 e. The largest absolute Gasteiger partial charge is 0.489 e. The highest BCUT2D eigenvalue weighted by molar-refractivity contribution is 5.91. The Bertz CT molecular complexity index is 1150. The molecule has 3 rings (SSSR count). The van der Waals surface area contributed by atoms with Crippen molar-refractivity contribution in [2.45, 2.75) is 44.7 Å². The number of alkyl carbamates (subject to hydrolysis) is 1. The second-order valence-electron chi connectivity index (χ2n) is 8.51. The lowest BCUT2D eigenvalue weighted by Gasteiger charge is -2.23. The zero-order valence-corrected chi connectivity index (χ0v) is 20.5. The number of hydrogen-bond donors (Lipinski definition) is 4. The van der Waals surface area contributed by atoms with Gasteiger partial charge < -0.3 is 30.9 Å². The SMILES string of the molecule is C[C@@H](O)[C@H](NC(=O)OCc1ccccc1)C(=O)N[C@H](Cc1ccc(OCc2ccccc2)cc1)C(N)=O. The molecule has 3 aromatic rings. The maximum absolute atomic E-state index is 12.8. The highest BCUT2D eigenvalue weighted by Crippen LogP contribution is 2.15. The fourth-order valence-corrected chi connectivity index (χ4v) is 3.48. The highest BCUT2D eigenvalue weighted by atomic mass is 16.5. The first-order chi connectivity index (χ1) is 17.8. The van der Waals surface area contributed by atoms with Crippen LogP contribution in [0.15, 0.2) is 84.9 Å². The predicted octanol–water partition coefficient (Wildman–Crippen LogP) is 2.45. The van der Waals surface area contributed by atoms with Gasteiger partial charge in [0.2, 0.25) is 11.8 Å². The van der Waals surface area contributed by atoms with Gasteiger partial charge in [-0.3, -0.25) is 9.59 Å². The maximum atomic E-state index is 12.8. The summed E-state index contributed by atoms with van der Waals surface area (Å²) in [6.45, 7) is 1.76. The molecule has 0 saturated heterocycles. The van der Waals surface area contributed by atoms with Gasteiger partial charge in [0.15, 0.2) is 0 Å². The van der Waals surface area contributed by atoms with Crippen molar-refractivity contribution < 1.29 is 29.0 Å². The molecule has 0 aliphatic heterocycles. The van der Waals surface area contributed by atoms with Crippen LogP contribution < -0.4 is 21.1 Å². The lowest BCUT2D eigenvalue weighted by atomic mass is 10.0. The minimum absolute atomic E-state index is 0.00418. The summed E-state index contributed by atoms with van der Waals surface area (Å²) in [5.74, 6) is -0.869. The molecule has 9 nitrogen and oxygen atoms in total. The Labute approximate surface area is 215 Å². The molecule has 0 spiro atoms. The van der Waals surface area contributed by atoms with Gasteiger partial charge in [-0.2, -0.15) is 0 Å². The molecule has 0 saturated carbocycles. The summed E-state index contributed by atoms with van der Waals surface area (Å²) in [6, 6.07) is 23.4. The number of ether oxygens (including phenoxy) is 2. The van der Waals surface area contributed by atoms with E-state index in [0.717, 1.165) is 16.7 Å². The van der Waals surface area contributed by atoms with E-state index in [1.807, 2.05) is 36.4 Å². The van der Waals surface area contributed by atoms with Crippen molar-refractivity contribution in [1.29, 1.82) is 0 Å². The number of aliphatic hydroxyl groups excluding tert-OH is 1. The third-order valence-corrected chi connectivity index (χ3v) is 5.52. The molecule has 0 aromatic heterocycles. The Kier molecular flexibility index (Phi) is 10.0. The molecule has 194 valence electrons. The lowest BCUT2D eigenvalue weighted by Crippen LogP contribution is -2.57. The van der Waals surface area contributed by atoms with Gasteiger partial charge in [0.25, 0.3) is 0 Å². The van der Waals surface area contributed by atoms with E-state index in [2.05, 4.69) is 10.6 Å². The summed E-state index contributed by atoms with van der Waals surface area (Å²) in [7, 11) is 0. The van der Waals surface area contributed by atoms with E-state index >= 15 is 0 Å². The van der Waals surface area contributed by atoms with E-state index < -0.39 is 36.1 Å². The molecule has 0 fully saturated rings. The van der Waals surface area contributed by atoms with Gasteiger partial charge in [0, 0.05) is 6.42 Å². The molecular weight excluding hydrogens is 474 g/mol. The number of nitrogens with two attached hydrogens (primary N) is 1. The highest BCUT2D eigenvalue weighted by Gasteiger charge is 2.29. The second kappa shape index (κ2) is 13.6. The van der Waals surface area contributed by atoms with Crippen molar-refractivity contribution >= 4 is 17.9 Å². The van der Waals surface area contributed by atoms with Gasteiger partial charge in [-0.15, -0.1) is 0 Å².